The number of rotatable bonds is 2. The van der Waals surface area contributed by atoms with E-state index < -0.39 is 24.4 Å². The predicted octanol–water partition coefficient (Wildman–Crippen LogP) is 1.57. The summed E-state index contributed by atoms with van der Waals surface area (Å²) in [7, 11) is 0. The van der Waals surface area contributed by atoms with E-state index in [1.54, 1.807) is 0 Å². The lowest BCUT2D eigenvalue weighted by Gasteiger charge is -2.05. The van der Waals surface area contributed by atoms with Gasteiger partial charge in [0.2, 0.25) is 0 Å². The van der Waals surface area contributed by atoms with Gasteiger partial charge in [-0.05, 0) is 0 Å². The molecule has 0 aromatic carbocycles. The Morgan fingerprint density at radius 2 is 2.14 bits per heavy atom. The number of hydrogen-bond donors (Lipinski definition) is 1. The lowest BCUT2D eigenvalue weighted by Crippen LogP contribution is -2.16. The van der Waals surface area contributed by atoms with Gasteiger partial charge >= 0.3 is 12.1 Å². The van der Waals surface area contributed by atoms with Crippen molar-refractivity contribution >= 4 is 18.4 Å². The second-order valence-corrected chi connectivity index (χ2v) is 2.35. The van der Waals surface area contributed by atoms with E-state index in [1.807, 2.05) is 0 Å². The van der Waals surface area contributed by atoms with Crippen LogP contribution in [0.25, 0.3) is 0 Å². The van der Waals surface area contributed by atoms with Gasteiger partial charge in [0.1, 0.15) is 6.54 Å². The van der Waals surface area contributed by atoms with Crippen molar-refractivity contribution in [2.45, 2.75) is 12.7 Å². The van der Waals surface area contributed by atoms with Gasteiger partial charge in [0.05, 0.1) is 6.33 Å². The van der Waals surface area contributed by atoms with Gasteiger partial charge < -0.3 is 9.67 Å². The largest absolute Gasteiger partial charge is 0.476 e. The Bertz CT molecular complexity index is 323. The van der Waals surface area contributed by atoms with Crippen LogP contribution in [0.3, 0.4) is 0 Å². The summed E-state index contributed by atoms with van der Waals surface area (Å²) in [5.74, 6) is -1.35. The summed E-state index contributed by atoms with van der Waals surface area (Å²) < 4.78 is 35.9. The Morgan fingerprint density at radius 3 is 2.50 bits per heavy atom. The SMILES string of the molecule is Cl.O=C(O)c1cn(CC(F)(F)F)cn1. The Labute approximate surface area is 82.8 Å². The normalized spacial score (nSPS) is 10.8. The fourth-order valence-corrected chi connectivity index (χ4v) is 0.764. The van der Waals surface area contributed by atoms with E-state index in [-0.39, 0.29) is 12.4 Å². The van der Waals surface area contributed by atoms with E-state index in [4.69, 9.17) is 5.11 Å². The maximum Gasteiger partial charge on any atom is 0.406 e. The van der Waals surface area contributed by atoms with Gasteiger partial charge in [-0.1, -0.05) is 0 Å². The van der Waals surface area contributed by atoms with Crippen molar-refractivity contribution in [2.24, 2.45) is 0 Å². The minimum Gasteiger partial charge on any atom is -0.476 e. The third-order valence-electron chi connectivity index (χ3n) is 1.21. The fourth-order valence-electron chi connectivity index (χ4n) is 0.764. The quantitative estimate of drug-likeness (QED) is 0.839. The molecule has 4 nitrogen and oxygen atoms in total. The molecule has 0 atom stereocenters. The average molecular weight is 231 g/mol. The van der Waals surface area contributed by atoms with E-state index >= 15 is 0 Å². The summed E-state index contributed by atoms with van der Waals surface area (Å²) in [6.45, 7) is -1.23. The van der Waals surface area contributed by atoms with Crippen molar-refractivity contribution in [1.29, 1.82) is 0 Å². The molecule has 0 aliphatic carbocycles. The van der Waals surface area contributed by atoms with E-state index in [0.717, 1.165) is 12.5 Å². The average Bonchev–Trinajstić information content (AvgIpc) is 2.31. The van der Waals surface area contributed by atoms with E-state index in [9.17, 15) is 18.0 Å². The molecular formula is C6H6ClF3N2O2. The molecule has 1 N–H and O–H groups in total. The molecule has 80 valence electrons. The molecule has 0 unspecified atom stereocenters. The van der Waals surface area contributed by atoms with Gasteiger partial charge in [-0.25, -0.2) is 9.78 Å². The molecule has 0 spiro atoms. The third-order valence-corrected chi connectivity index (χ3v) is 1.21. The van der Waals surface area contributed by atoms with Crippen molar-refractivity contribution < 1.29 is 23.1 Å². The summed E-state index contributed by atoms with van der Waals surface area (Å²) in [6, 6.07) is 0. The first kappa shape index (κ1) is 12.8. The molecular weight excluding hydrogens is 225 g/mol. The highest BCUT2D eigenvalue weighted by atomic mass is 35.5. The van der Waals surface area contributed by atoms with Gasteiger partial charge in [0.15, 0.2) is 5.69 Å². The van der Waals surface area contributed by atoms with E-state index in [1.165, 1.54) is 0 Å². The minimum absolute atomic E-state index is 0. The maximum absolute atomic E-state index is 11.8. The van der Waals surface area contributed by atoms with Crippen LogP contribution >= 0.6 is 12.4 Å². The van der Waals surface area contributed by atoms with Gasteiger partial charge in [-0.3, -0.25) is 0 Å². The molecule has 1 rings (SSSR count). The number of hydrogen-bond acceptors (Lipinski definition) is 2. The van der Waals surface area contributed by atoms with Crippen LogP contribution < -0.4 is 0 Å². The highest BCUT2D eigenvalue weighted by Crippen LogP contribution is 2.17. The molecule has 1 aromatic heterocycles. The number of carbonyl (C=O) groups is 1. The van der Waals surface area contributed by atoms with Crippen molar-refractivity contribution in [3.63, 3.8) is 0 Å². The van der Waals surface area contributed by atoms with Crippen LogP contribution in [-0.2, 0) is 6.54 Å². The summed E-state index contributed by atoms with van der Waals surface area (Å²) in [6.07, 6.45) is -2.71. The number of alkyl halides is 3. The monoisotopic (exact) mass is 230 g/mol. The zero-order valence-electron chi connectivity index (χ0n) is 6.65. The van der Waals surface area contributed by atoms with Crippen molar-refractivity contribution in [2.75, 3.05) is 0 Å². The number of halogens is 4. The highest BCUT2D eigenvalue weighted by Gasteiger charge is 2.28. The summed E-state index contributed by atoms with van der Waals surface area (Å²) in [5.41, 5.74) is -0.399. The predicted molar refractivity (Wildman–Crippen MR) is 42.5 cm³/mol. The zero-order chi connectivity index (χ0) is 10.1. The summed E-state index contributed by atoms with van der Waals surface area (Å²) in [5, 5.41) is 8.34. The first-order chi connectivity index (χ1) is 5.88. The Balaban J connectivity index is 0.00000169. The minimum atomic E-state index is -4.36. The number of carboxylic acid groups (broad SMARTS) is 1. The Kier molecular flexibility index (Phi) is 3.93. The second kappa shape index (κ2) is 4.32. The van der Waals surface area contributed by atoms with Gasteiger partial charge in [0.25, 0.3) is 0 Å². The number of nitrogens with zero attached hydrogens (tertiary/aromatic N) is 2. The molecule has 0 saturated carbocycles. The van der Waals surface area contributed by atoms with Crippen LogP contribution in [-0.4, -0.2) is 26.8 Å². The van der Waals surface area contributed by atoms with Crippen molar-refractivity contribution in [3.8, 4) is 0 Å². The molecule has 0 fully saturated rings. The number of aromatic carboxylic acids is 1. The lowest BCUT2D eigenvalue weighted by molar-refractivity contribution is -0.140. The van der Waals surface area contributed by atoms with Crippen LogP contribution in [0, 0.1) is 0 Å². The Morgan fingerprint density at radius 1 is 1.57 bits per heavy atom. The number of aromatic nitrogens is 2. The van der Waals surface area contributed by atoms with Crippen LogP contribution in [0.2, 0.25) is 0 Å². The topological polar surface area (TPSA) is 55.1 Å². The Hall–Kier alpha value is -1.24. The summed E-state index contributed by atoms with van der Waals surface area (Å²) in [4.78, 5) is 13.5. The van der Waals surface area contributed by atoms with Crippen LogP contribution in [0.1, 0.15) is 10.5 Å². The maximum atomic E-state index is 11.8. The second-order valence-electron chi connectivity index (χ2n) is 2.35. The third kappa shape index (κ3) is 3.65. The molecule has 0 bridgehead atoms. The molecule has 1 aromatic rings. The molecule has 0 aliphatic heterocycles. The molecule has 1 heterocycles. The zero-order valence-corrected chi connectivity index (χ0v) is 7.47. The molecule has 0 aliphatic rings. The van der Waals surface area contributed by atoms with Gasteiger partial charge in [0, 0.05) is 6.20 Å². The van der Waals surface area contributed by atoms with Crippen LogP contribution in [0.4, 0.5) is 13.2 Å². The molecule has 0 radical (unpaired) electrons. The van der Waals surface area contributed by atoms with E-state index in [2.05, 4.69) is 4.98 Å². The molecule has 14 heavy (non-hydrogen) atoms. The molecule has 0 saturated heterocycles. The number of carboxylic acids is 1. The first-order valence-corrected chi connectivity index (χ1v) is 3.20. The van der Waals surface area contributed by atoms with Crippen molar-refractivity contribution in [1.82, 2.24) is 9.55 Å². The van der Waals surface area contributed by atoms with Gasteiger partial charge in [-0.2, -0.15) is 13.2 Å². The fraction of sp³-hybridized carbons (Fsp3) is 0.333. The molecule has 0 amide bonds. The highest BCUT2D eigenvalue weighted by molar-refractivity contribution is 5.85. The van der Waals surface area contributed by atoms with Gasteiger partial charge in [-0.15, -0.1) is 12.4 Å². The summed E-state index contributed by atoms with van der Waals surface area (Å²) >= 11 is 0. The number of imidazole rings is 1. The van der Waals surface area contributed by atoms with Crippen LogP contribution in [0.15, 0.2) is 12.5 Å². The van der Waals surface area contributed by atoms with Crippen molar-refractivity contribution in [3.05, 3.63) is 18.2 Å². The first-order valence-electron chi connectivity index (χ1n) is 3.20. The smallest absolute Gasteiger partial charge is 0.406 e. The standard InChI is InChI=1S/C6H5F3N2O2.ClH/c7-6(8,9)2-11-1-4(5(12)13)10-3-11;/h1,3H,2H2,(H,12,13);1H. The van der Waals surface area contributed by atoms with E-state index in [0.29, 0.717) is 4.57 Å². The lowest BCUT2D eigenvalue weighted by atomic mass is 10.5. The van der Waals surface area contributed by atoms with Crippen LogP contribution in [0.5, 0.6) is 0 Å². The molecule has 8 heteroatoms.